The van der Waals surface area contributed by atoms with Crippen LogP contribution >= 0.6 is 0 Å². The van der Waals surface area contributed by atoms with Crippen molar-refractivity contribution in [3.63, 3.8) is 0 Å². The molecule has 1 unspecified atom stereocenters. The van der Waals surface area contributed by atoms with E-state index in [4.69, 9.17) is 9.51 Å². The maximum absolute atomic E-state index is 13.3. The number of nitrogens with one attached hydrogen (secondary N) is 4. The van der Waals surface area contributed by atoms with Gasteiger partial charge in [-0.1, -0.05) is 49.0 Å². The monoisotopic (exact) mass is 798 g/mol. The molecular formula is C45H50N8O6. The maximum Gasteiger partial charge on any atom is 0.264 e. The number of pyridine rings is 1. The number of carbonyl (C=O) groups excluding carboxylic acids is 5. The summed E-state index contributed by atoms with van der Waals surface area (Å²) in [6.45, 7) is 4.43. The third-order valence-electron chi connectivity index (χ3n) is 11.7. The van der Waals surface area contributed by atoms with Crippen LogP contribution in [0.5, 0.6) is 0 Å². The molecule has 2 aliphatic heterocycles. The number of hydrogen-bond acceptors (Lipinski definition) is 10. The van der Waals surface area contributed by atoms with Gasteiger partial charge in [-0.25, -0.2) is 4.98 Å². The molecule has 2 fully saturated rings. The number of imidazole rings is 1. The lowest BCUT2D eigenvalue weighted by molar-refractivity contribution is -0.136. The predicted molar refractivity (Wildman–Crippen MR) is 223 cm³/mol. The summed E-state index contributed by atoms with van der Waals surface area (Å²) in [5.41, 5.74) is 7.74. The van der Waals surface area contributed by atoms with Gasteiger partial charge in [0.25, 0.3) is 11.8 Å². The molecule has 3 aromatic heterocycles. The number of hydrogen-bond donors (Lipinski definition) is 4. The van der Waals surface area contributed by atoms with Crippen molar-refractivity contribution in [2.75, 3.05) is 22.5 Å². The van der Waals surface area contributed by atoms with Crippen LogP contribution in [0.25, 0.3) is 16.8 Å². The van der Waals surface area contributed by atoms with E-state index in [1.54, 1.807) is 18.2 Å². The Morgan fingerprint density at radius 1 is 0.898 bits per heavy atom. The number of benzene rings is 2. The number of fused-ring (bicyclic) bond motifs is 2. The number of rotatable bonds is 15. The normalized spacial score (nSPS) is 17.1. The number of aromatic nitrogens is 3. The fourth-order valence-corrected chi connectivity index (χ4v) is 8.63. The molecule has 1 saturated carbocycles. The lowest BCUT2D eigenvalue weighted by Gasteiger charge is -2.27. The third kappa shape index (κ3) is 8.48. The Morgan fingerprint density at radius 2 is 1.71 bits per heavy atom. The Hall–Kier alpha value is -6.31. The van der Waals surface area contributed by atoms with Gasteiger partial charge in [0.15, 0.2) is 0 Å². The molecule has 5 aromatic rings. The lowest BCUT2D eigenvalue weighted by atomic mass is 9.95. The average molecular weight is 799 g/mol. The zero-order chi connectivity index (χ0) is 41.0. The molecule has 306 valence electrons. The number of aryl methyl sites for hydroxylation is 4. The van der Waals surface area contributed by atoms with Gasteiger partial charge in [-0.15, -0.1) is 0 Å². The topological polar surface area (TPSA) is 180 Å². The van der Waals surface area contributed by atoms with E-state index >= 15 is 0 Å². The molecule has 0 spiro atoms. The first-order chi connectivity index (χ1) is 28.6. The Labute approximate surface area is 342 Å². The molecule has 14 nitrogen and oxygen atoms in total. The van der Waals surface area contributed by atoms with E-state index < -0.39 is 29.7 Å². The molecule has 5 heterocycles. The van der Waals surface area contributed by atoms with Gasteiger partial charge in [0, 0.05) is 48.6 Å². The van der Waals surface area contributed by atoms with Crippen LogP contribution in [0.4, 0.5) is 17.2 Å². The van der Waals surface area contributed by atoms with Crippen molar-refractivity contribution < 1.29 is 28.5 Å². The lowest BCUT2D eigenvalue weighted by Crippen LogP contribution is -2.54. The third-order valence-corrected chi connectivity index (χ3v) is 11.7. The van der Waals surface area contributed by atoms with Crippen LogP contribution in [0.2, 0.25) is 0 Å². The first-order valence-electron chi connectivity index (χ1n) is 20.8. The molecule has 8 rings (SSSR count). The van der Waals surface area contributed by atoms with E-state index in [9.17, 15) is 24.0 Å². The van der Waals surface area contributed by atoms with Crippen molar-refractivity contribution in [3.8, 4) is 11.1 Å². The zero-order valence-electron chi connectivity index (χ0n) is 33.6. The van der Waals surface area contributed by atoms with E-state index in [1.165, 1.54) is 19.3 Å². The summed E-state index contributed by atoms with van der Waals surface area (Å²) >= 11 is 0. The molecule has 5 amide bonds. The van der Waals surface area contributed by atoms with Crippen LogP contribution in [-0.2, 0) is 27.2 Å². The number of nitrogens with zero attached hydrogens (tertiary/aromatic N) is 4. The molecule has 14 heteroatoms. The van der Waals surface area contributed by atoms with Crippen molar-refractivity contribution in [1.82, 2.24) is 24.8 Å². The first-order valence-corrected chi connectivity index (χ1v) is 20.8. The summed E-state index contributed by atoms with van der Waals surface area (Å²) in [7, 11) is 0. The van der Waals surface area contributed by atoms with E-state index in [-0.39, 0.29) is 29.9 Å². The zero-order valence-corrected chi connectivity index (χ0v) is 33.6. The Morgan fingerprint density at radius 3 is 2.47 bits per heavy atom. The number of imide groups is 2. The minimum absolute atomic E-state index is 0.0525. The van der Waals surface area contributed by atoms with Crippen LogP contribution in [0.15, 0.2) is 65.3 Å². The molecule has 1 saturated heterocycles. The summed E-state index contributed by atoms with van der Waals surface area (Å²) in [5.74, 6) is -0.324. The fourth-order valence-electron chi connectivity index (χ4n) is 8.63. The van der Waals surface area contributed by atoms with Crippen LogP contribution in [0, 0.1) is 13.8 Å². The van der Waals surface area contributed by atoms with E-state index in [1.807, 2.05) is 26.0 Å². The Kier molecular flexibility index (Phi) is 11.6. The van der Waals surface area contributed by atoms with Crippen molar-refractivity contribution in [2.24, 2.45) is 0 Å². The molecule has 1 aliphatic carbocycles. The maximum atomic E-state index is 13.3. The summed E-state index contributed by atoms with van der Waals surface area (Å²) in [5, 5.41) is 16.5. The van der Waals surface area contributed by atoms with Crippen molar-refractivity contribution >= 4 is 52.4 Å². The van der Waals surface area contributed by atoms with Gasteiger partial charge >= 0.3 is 0 Å². The van der Waals surface area contributed by atoms with Crippen molar-refractivity contribution in [3.05, 3.63) is 94.6 Å². The van der Waals surface area contributed by atoms with E-state index in [0.717, 1.165) is 94.4 Å². The van der Waals surface area contributed by atoms with E-state index in [0.29, 0.717) is 31.1 Å². The second kappa shape index (κ2) is 17.3. The van der Waals surface area contributed by atoms with Crippen LogP contribution < -0.4 is 21.3 Å². The molecular weight excluding hydrogens is 749 g/mol. The fraction of sp³-hybridized carbons (Fsp3) is 0.400. The van der Waals surface area contributed by atoms with Gasteiger partial charge in [0.05, 0.1) is 22.5 Å². The minimum Gasteiger partial charge on any atom is -0.384 e. The highest BCUT2D eigenvalue weighted by Crippen LogP contribution is 2.34. The number of carbonyl (C=O) groups is 5. The molecule has 2 aromatic carbocycles. The Balaban J connectivity index is 0.810. The smallest absolute Gasteiger partial charge is 0.264 e. The van der Waals surface area contributed by atoms with Gasteiger partial charge in [-0.3, -0.25) is 38.6 Å². The second-order valence-electron chi connectivity index (χ2n) is 15.9. The Bertz CT molecular complexity index is 2390. The van der Waals surface area contributed by atoms with Crippen LogP contribution in [0.3, 0.4) is 0 Å². The standard InChI is InChI=1S/C45H50N8O6/c1-27-40(28(2)59-51-27)30-23-25-52-37(26-30)49-35(42(52)48-31-10-5-3-6-11-31)20-17-29-15-18-32(19-16-29)47-38(54)14-7-4-8-24-46-34-13-9-12-33-41(34)45(58)53(44(33)57)36-21-22-39(55)50-43(36)56/h9,12-13,15-16,18-19,23,25-26,31,36,46,48H,3-8,10-11,14,17,20-22,24H2,1-2H3,(H,47,54)(H,50,55,56). The van der Waals surface area contributed by atoms with Gasteiger partial charge in [0.2, 0.25) is 17.7 Å². The van der Waals surface area contributed by atoms with Crippen LogP contribution in [0.1, 0.15) is 114 Å². The van der Waals surface area contributed by atoms with E-state index in [2.05, 4.69) is 61.3 Å². The number of piperidine rings is 1. The molecule has 59 heavy (non-hydrogen) atoms. The molecule has 0 bridgehead atoms. The summed E-state index contributed by atoms with van der Waals surface area (Å²) in [6.07, 6.45) is 12.5. The summed E-state index contributed by atoms with van der Waals surface area (Å²) < 4.78 is 7.61. The number of unbranched alkanes of at least 4 members (excludes halogenated alkanes) is 2. The van der Waals surface area contributed by atoms with Crippen molar-refractivity contribution in [2.45, 2.75) is 109 Å². The summed E-state index contributed by atoms with van der Waals surface area (Å²) in [6, 6.07) is 16.7. The first kappa shape index (κ1) is 39.5. The average Bonchev–Trinajstić information content (AvgIpc) is 3.84. The largest absolute Gasteiger partial charge is 0.384 e. The van der Waals surface area contributed by atoms with Gasteiger partial charge < -0.3 is 20.5 Å². The molecule has 4 N–H and O–H groups in total. The highest BCUT2D eigenvalue weighted by Gasteiger charge is 2.45. The molecule has 0 radical (unpaired) electrons. The summed E-state index contributed by atoms with van der Waals surface area (Å²) in [4.78, 5) is 69.4. The minimum atomic E-state index is -1.01. The highest BCUT2D eigenvalue weighted by atomic mass is 16.5. The number of anilines is 3. The van der Waals surface area contributed by atoms with Gasteiger partial charge in [-0.2, -0.15) is 0 Å². The highest BCUT2D eigenvalue weighted by molar-refractivity contribution is 6.25. The quantitative estimate of drug-likeness (QED) is 0.0628. The molecule has 1 atom stereocenters. The number of amides is 5. The van der Waals surface area contributed by atoms with Crippen molar-refractivity contribution in [1.29, 1.82) is 0 Å². The van der Waals surface area contributed by atoms with Gasteiger partial charge in [-0.05, 0) is 106 Å². The van der Waals surface area contributed by atoms with Crippen LogP contribution in [-0.4, -0.2) is 67.6 Å². The SMILES string of the molecule is Cc1noc(C)c1-c1ccn2c(NC3CCCCC3)c(CCc3ccc(NC(=O)CCCCCNc4cccc5c4C(=O)N(C4CCC(=O)NC4=O)C5=O)cc3)nc2c1. The van der Waals surface area contributed by atoms with Gasteiger partial charge in [0.1, 0.15) is 23.3 Å². The molecule has 3 aliphatic rings. The second-order valence-corrected chi connectivity index (χ2v) is 15.9. The predicted octanol–water partition coefficient (Wildman–Crippen LogP) is 7.15.